The summed E-state index contributed by atoms with van der Waals surface area (Å²) in [5.74, 6) is -0.390. The lowest BCUT2D eigenvalue weighted by Gasteiger charge is -2.08. The molecule has 98 valence electrons. The lowest BCUT2D eigenvalue weighted by Crippen LogP contribution is -2.13. The summed E-state index contributed by atoms with van der Waals surface area (Å²) in [4.78, 5) is 15.9. The number of amides is 1. The summed E-state index contributed by atoms with van der Waals surface area (Å²) in [6.45, 7) is 0. The minimum atomic E-state index is -0.390. The number of carbonyl (C=O) groups excluding carboxylic acids is 1. The van der Waals surface area contributed by atoms with Crippen LogP contribution in [-0.2, 0) is 0 Å². The van der Waals surface area contributed by atoms with Crippen molar-refractivity contribution in [1.29, 1.82) is 0 Å². The van der Waals surface area contributed by atoms with Crippen molar-refractivity contribution in [3.63, 3.8) is 0 Å². The quantitative estimate of drug-likeness (QED) is 0.795. The Labute approximate surface area is 128 Å². The Kier molecular flexibility index (Phi) is 4.29. The van der Waals surface area contributed by atoms with E-state index in [0.717, 1.165) is 0 Å². The van der Waals surface area contributed by atoms with Gasteiger partial charge in [0.2, 0.25) is 0 Å². The van der Waals surface area contributed by atoms with Gasteiger partial charge in [0.25, 0.3) is 5.91 Å². The summed E-state index contributed by atoms with van der Waals surface area (Å²) in [6, 6.07) is 6.50. The molecule has 0 unspecified atom stereocenters. The van der Waals surface area contributed by atoms with Crippen molar-refractivity contribution in [2.24, 2.45) is 0 Å². The van der Waals surface area contributed by atoms with Crippen LogP contribution >= 0.6 is 39.1 Å². The number of aromatic nitrogens is 1. The van der Waals surface area contributed by atoms with E-state index in [1.54, 1.807) is 18.2 Å². The summed E-state index contributed by atoms with van der Waals surface area (Å²) < 4.78 is 0.684. The summed E-state index contributed by atoms with van der Waals surface area (Å²) in [7, 11) is 0. The van der Waals surface area contributed by atoms with Gasteiger partial charge in [-0.2, -0.15) is 0 Å². The highest BCUT2D eigenvalue weighted by molar-refractivity contribution is 9.10. The highest BCUT2D eigenvalue weighted by Gasteiger charge is 2.12. The maximum atomic E-state index is 12.0. The first-order chi connectivity index (χ1) is 8.97. The molecular weight excluding hydrogens is 353 g/mol. The monoisotopic (exact) mass is 359 g/mol. The molecule has 0 aliphatic carbocycles. The Morgan fingerprint density at radius 1 is 1.32 bits per heavy atom. The van der Waals surface area contributed by atoms with Crippen molar-refractivity contribution in [3.8, 4) is 0 Å². The topological polar surface area (TPSA) is 68.0 Å². The average molecular weight is 361 g/mol. The molecule has 0 bridgehead atoms. The van der Waals surface area contributed by atoms with Crippen LogP contribution in [0.2, 0.25) is 10.2 Å². The van der Waals surface area contributed by atoms with E-state index in [4.69, 9.17) is 28.9 Å². The fourth-order valence-electron chi connectivity index (χ4n) is 1.40. The fourth-order valence-corrected chi connectivity index (χ4v) is 2.08. The molecule has 0 fully saturated rings. The Morgan fingerprint density at radius 2 is 2.05 bits per heavy atom. The highest BCUT2D eigenvalue weighted by atomic mass is 79.9. The minimum absolute atomic E-state index is 0.0970. The Balaban J connectivity index is 2.25. The van der Waals surface area contributed by atoms with Crippen molar-refractivity contribution in [3.05, 3.63) is 50.7 Å². The third kappa shape index (κ3) is 3.37. The molecule has 0 spiro atoms. The average Bonchev–Trinajstić information content (AvgIpc) is 2.36. The van der Waals surface area contributed by atoms with Crippen LogP contribution in [-0.4, -0.2) is 10.9 Å². The molecule has 0 aliphatic rings. The third-order valence-electron chi connectivity index (χ3n) is 2.28. The highest BCUT2D eigenvalue weighted by Crippen LogP contribution is 2.26. The van der Waals surface area contributed by atoms with Crippen LogP contribution in [0.4, 0.5) is 11.4 Å². The Hall–Kier alpha value is -1.30. The summed E-state index contributed by atoms with van der Waals surface area (Å²) in [6.07, 6.45) is 1.39. The summed E-state index contributed by atoms with van der Waals surface area (Å²) >= 11 is 15.0. The molecule has 1 heterocycles. The number of anilines is 2. The molecule has 2 aromatic rings. The van der Waals surface area contributed by atoms with Crippen LogP contribution < -0.4 is 11.1 Å². The molecule has 1 aromatic carbocycles. The smallest absolute Gasteiger partial charge is 0.258 e. The normalized spacial score (nSPS) is 10.3. The second kappa shape index (κ2) is 5.77. The van der Waals surface area contributed by atoms with Gasteiger partial charge >= 0.3 is 0 Å². The van der Waals surface area contributed by atoms with Gasteiger partial charge in [-0.1, -0.05) is 23.2 Å². The molecule has 2 rings (SSSR count). The Morgan fingerprint density at radius 3 is 2.74 bits per heavy atom. The van der Waals surface area contributed by atoms with Gasteiger partial charge in [-0.25, -0.2) is 4.98 Å². The predicted molar refractivity (Wildman–Crippen MR) is 80.8 cm³/mol. The summed E-state index contributed by atoms with van der Waals surface area (Å²) in [5.41, 5.74) is 6.74. The molecule has 0 aliphatic heterocycles. The van der Waals surface area contributed by atoms with Gasteiger partial charge in [0.15, 0.2) is 0 Å². The second-order valence-corrected chi connectivity index (χ2v) is 5.31. The molecule has 0 atom stereocenters. The number of pyridine rings is 1. The van der Waals surface area contributed by atoms with Crippen LogP contribution in [0.25, 0.3) is 0 Å². The number of hydrogen-bond acceptors (Lipinski definition) is 3. The standard InChI is InChI=1S/C12H8BrCl2N3O/c13-9-4-7(1-2-10(9)14)18-12(19)8-3-6(16)5-17-11(8)15/h1-5H,16H2,(H,18,19). The van der Waals surface area contributed by atoms with Gasteiger partial charge in [-0.3, -0.25) is 4.79 Å². The van der Waals surface area contributed by atoms with Gasteiger partial charge in [0.05, 0.1) is 22.5 Å². The molecule has 0 saturated carbocycles. The second-order valence-electron chi connectivity index (χ2n) is 3.69. The SMILES string of the molecule is Nc1cnc(Cl)c(C(=O)Nc2ccc(Cl)c(Br)c2)c1. The van der Waals surface area contributed by atoms with Gasteiger partial charge in [0, 0.05) is 10.2 Å². The van der Waals surface area contributed by atoms with Crippen molar-refractivity contribution in [2.75, 3.05) is 11.1 Å². The number of rotatable bonds is 2. The molecule has 0 radical (unpaired) electrons. The first-order valence-electron chi connectivity index (χ1n) is 5.15. The number of halogens is 3. The van der Waals surface area contributed by atoms with Crippen LogP contribution in [0.15, 0.2) is 34.9 Å². The van der Waals surface area contributed by atoms with E-state index in [1.165, 1.54) is 12.3 Å². The maximum absolute atomic E-state index is 12.0. The van der Waals surface area contributed by atoms with Crippen LogP contribution in [0.5, 0.6) is 0 Å². The van der Waals surface area contributed by atoms with Gasteiger partial charge in [-0.05, 0) is 40.2 Å². The van der Waals surface area contributed by atoms with Gasteiger partial charge in [0.1, 0.15) is 5.15 Å². The van der Waals surface area contributed by atoms with Crippen LogP contribution in [0.1, 0.15) is 10.4 Å². The fraction of sp³-hybridized carbons (Fsp3) is 0. The van der Waals surface area contributed by atoms with Crippen molar-refractivity contribution < 1.29 is 4.79 Å². The van der Waals surface area contributed by atoms with E-state index in [1.807, 2.05) is 0 Å². The van der Waals surface area contributed by atoms with Crippen molar-refractivity contribution >= 4 is 56.4 Å². The van der Waals surface area contributed by atoms with Gasteiger partial charge < -0.3 is 11.1 Å². The first-order valence-corrected chi connectivity index (χ1v) is 6.69. The van der Waals surface area contributed by atoms with E-state index in [-0.39, 0.29) is 16.6 Å². The number of nitrogen functional groups attached to an aromatic ring is 1. The number of benzene rings is 1. The number of nitrogens with two attached hydrogens (primary N) is 1. The molecule has 0 saturated heterocycles. The molecule has 4 nitrogen and oxygen atoms in total. The van der Waals surface area contributed by atoms with Crippen molar-refractivity contribution in [2.45, 2.75) is 0 Å². The largest absolute Gasteiger partial charge is 0.397 e. The van der Waals surface area contributed by atoms with E-state index in [9.17, 15) is 4.79 Å². The zero-order chi connectivity index (χ0) is 14.0. The summed E-state index contributed by atoms with van der Waals surface area (Å²) in [5, 5.41) is 3.34. The molecule has 19 heavy (non-hydrogen) atoms. The number of carbonyl (C=O) groups is 1. The first kappa shape index (κ1) is 14.1. The van der Waals surface area contributed by atoms with Crippen molar-refractivity contribution in [1.82, 2.24) is 4.98 Å². The lowest BCUT2D eigenvalue weighted by molar-refractivity contribution is 0.102. The van der Waals surface area contributed by atoms with E-state index in [2.05, 4.69) is 26.2 Å². The van der Waals surface area contributed by atoms with E-state index >= 15 is 0 Å². The zero-order valence-corrected chi connectivity index (χ0v) is 12.6. The molecule has 7 heteroatoms. The molecular formula is C12H8BrCl2N3O. The van der Waals surface area contributed by atoms with E-state index in [0.29, 0.717) is 20.9 Å². The molecule has 1 amide bonds. The number of hydrogen-bond donors (Lipinski definition) is 2. The number of nitrogens with zero attached hydrogens (tertiary/aromatic N) is 1. The van der Waals surface area contributed by atoms with E-state index < -0.39 is 0 Å². The lowest BCUT2D eigenvalue weighted by atomic mass is 10.2. The molecule has 1 aromatic heterocycles. The third-order valence-corrected chi connectivity index (χ3v) is 3.80. The zero-order valence-electron chi connectivity index (χ0n) is 9.45. The van der Waals surface area contributed by atoms with Crippen LogP contribution in [0.3, 0.4) is 0 Å². The Bertz CT molecular complexity index is 649. The predicted octanol–water partition coefficient (Wildman–Crippen LogP) is 3.99. The van der Waals surface area contributed by atoms with Crippen LogP contribution in [0, 0.1) is 0 Å². The number of nitrogens with one attached hydrogen (secondary N) is 1. The molecule has 3 N–H and O–H groups in total. The van der Waals surface area contributed by atoms with Gasteiger partial charge in [-0.15, -0.1) is 0 Å². The maximum Gasteiger partial charge on any atom is 0.258 e. The minimum Gasteiger partial charge on any atom is -0.397 e.